The van der Waals surface area contributed by atoms with Crippen molar-refractivity contribution in [3.05, 3.63) is 97.1 Å². The lowest BCUT2D eigenvalue weighted by Gasteiger charge is -2.18. The molecule has 6 nitrogen and oxygen atoms in total. The first-order valence-electron chi connectivity index (χ1n) is 11.1. The number of hydrazine groups is 1. The van der Waals surface area contributed by atoms with Crippen molar-refractivity contribution >= 4 is 22.6 Å². The molecule has 0 aliphatic carbocycles. The molecular weight excluding hydrogens is 428 g/mol. The van der Waals surface area contributed by atoms with Crippen LogP contribution in [-0.2, 0) is 9.59 Å². The first-order valence-corrected chi connectivity index (χ1v) is 11.1. The third kappa shape index (κ3) is 5.72. The van der Waals surface area contributed by atoms with E-state index >= 15 is 0 Å². The van der Waals surface area contributed by atoms with Crippen LogP contribution in [0.2, 0.25) is 0 Å². The summed E-state index contributed by atoms with van der Waals surface area (Å²) in [7, 11) is 0. The zero-order valence-electron chi connectivity index (χ0n) is 19.0. The first-order chi connectivity index (χ1) is 16.5. The summed E-state index contributed by atoms with van der Waals surface area (Å²) in [4.78, 5) is 24.8. The second-order valence-electron chi connectivity index (χ2n) is 7.90. The zero-order valence-corrected chi connectivity index (χ0v) is 19.0. The van der Waals surface area contributed by atoms with Crippen LogP contribution in [0.25, 0.3) is 21.9 Å². The maximum Gasteiger partial charge on any atom is 0.279 e. The maximum atomic E-state index is 12.4. The van der Waals surface area contributed by atoms with Gasteiger partial charge in [-0.1, -0.05) is 72.8 Å². The fourth-order valence-electron chi connectivity index (χ4n) is 3.44. The Morgan fingerprint density at radius 3 is 1.74 bits per heavy atom. The minimum absolute atomic E-state index is 0.471. The van der Waals surface area contributed by atoms with Gasteiger partial charge in [-0.05, 0) is 60.0 Å². The topological polar surface area (TPSA) is 76.7 Å². The quantitative estimate of drug-likeness (QED) is 0.390. The monoisotopic (exact) mass is 454 g/mol. The van der Waals surface area contributed by atoms with E-state index in [-0.39, 0.29) is 0 Å². The lowest BCUT2D eigenvalue weighted by Crippen LogP contribution is -2.50. The van der Waals surface area contributed by atoms with E-state index in [0.717, 1.165) is 21.9 Å². The lowest BCUT2D eigenvalue weighted by atomic mass is 10.1. The molecule has 0 aromatic heterocycles. The van der Waals surface area contributed by atoms with Crippen molar-refractivity contribution in [2.75, 3.05) is 0 Å². The van der Waals surface area contributed by atoms with Crippen molar-refractivity contribution in [1.82, 2.24) is 10.9 Å². The van der Waals surface area contributed by atoms with Gasteiger partial charge in [0.15, 0.2) is 12.2 Å². The van der Waals surface area contributed by atoms with Crippen molar-refractivity contribution in [3.8, 4) is 22.6 Å². The molecule has 6 heteroatoms. The summed E-state index contributed by atoms with van der Waals surface area (Å²) in [6.45, 7) is 3.23. The molecule has 2 amide bonds. The SMILES string of the molecule is CC(Oc1ccc(-c2ccccc2)cc1)C(=O)NNC(=O)C(C)Oc1ccc2ccccc2c1. The lowest BCUT2D eigenvalue weighted by molar-refractivity contribution is -0.135. The van der Waals surface area contributed by atoms with Gasteiger partial charge in [-0.2, -0.15) is 0 Å². The minimum atomic E-state index is -0.806. The summed E-state index contributed by atoms with van der Waals surface area (Å²) < 4.78 is 11.4. The van der Waals surface area contributed by atoms with Gasteiger partial charge in [0.25, 0.3) is 11.8 Å². The molecule has 2 N–H and O–H groups in total. The van der Waals surface area contributed by atoms with E-state index in [9.17, 15) is 9.59 Å². The number of rotatable bonds is 7. The molecule has 0 saturated heterocycles. The average Bonchev–Trinajstić information content (AvgIpc) is 2.87. The summed E-state index contributed by atoms with van der Waals surface area (Å²) in [5.74, 6) is 0.185. The predicted octanol–water partition coefficient (Wildman–Crippen LogP) is 4.89. The standard InChI is InChI=1S/C28H26N2O4/c1-19(33-25-15-12-23(13-16-25)21-8-4-3-5-9-21)27(31)29-30-28(32)20(2)34-26-17-14-22-10-6-7-11-24(22)18-26/h3-20H,1-2H3,(H,29,31)(H,30,32). The number of ether oxygens (including phenoxy) is 2. The highest BCUT2D eigenvalue weighted by Crippen LogP contribution is 2.23. The molecule has 4 aromatic carbocycles. The highest BCUT2D eigenvalue weighted by atomic mass is 16.5. The van der Waals surface area contributed by atoms with Gasteiger partial charge in [0.1, 0.15) is 11.5 Å². The smallest absolute Gasteiger partial charge is 0.279 e. The highest BCUT2D eigenvalue weighted by Gasteiger charge is 2.19. The van der Waals surface area contributed by atoms with Crippen LogP contribution < -0.4 is 20.3 Å². The van der Waals surface area contributed by atoms with Crippen LogP contribution in [0.1, 0.15) is 13.8 Å². The number of fused-ring (bicyclic) bond motifs is 1. The van der Waals surface area contributed by atoms with E-state index in [1.54, 1.807) is 13.8 Å². The van der Waals surface area contributed by atoms with E-state index in [1.807, 2.05) is 97.1 Å². The largest absolute Gasteiger partial charge is 0.481 e. The highest BCUT2D eigenvalue weighted by molar-refractivity contribution is 5.87. The van der Waals surface area contributed by atoms with Gasteiger partial charge in [0.2, 0.25) is 0 Å². The Kier molecular flexibility index (Phi) is 7.08. The fraction of sp³-hybridized carbons (Fsp3) is 0.143. The number of nitrogens with one attached hydrogen (secondary N) is 2. The first kappa shape index (κ1) is 22.9. The van der Waals surface area contributed by atoms with Gasteiger partial charge in [0, 0.05) is 0 Å². The molecular formula is C28H26N2O4. The normalized spacial score (nSPS) is 12.4. The van der Waals surface area contributed by atoms with Crippen LogP contribution in [0, 0.1) is 0 Å². The van der Waals surface area contributed by atoms with Gasteiger partial charge >= 0.3 is 0 Å². The van der Waals surface area contributed by atoms with E-state index < -0.39 is 24.0 Å². The second-order valence-corrected chi connectivity index (χ2v) is 7.90. The summed E-state index contributed by atoms with van der Waals surface area (Å²) in [5, 5.41) is 2.10. The molecule has 4 rings (SSSR count). The van der Waals surface area contributed by atoms with E-state index in [4.69, 9.17) is 9.47 Å². The molecule has 34 heavy (non-hydrogen) atoms. The van der Waals surface area contributed by atoms with Crippen molar-refractivity contribution < 1.29 is 19.1 Å². The Hall–Kier alpha value is -4.32. The molecule has 172 valence electrons. The van der Waals surface area contributed by atoms with Crippen molar-refractivity contribution in [2.24, 2.45) is 0 Å². The molecule has 0 heterocycles. The molecule has 2 atom stereocenters. The molecule has 0 radical (unpaired) electrons. The van der Waals surface area contributed by atoms with Crippen LogP contribution in [0.4, 0.5) is 0 Å². The zero-order chi connectivity index (χ0) is 23.9. The van der Waals surface area contributed by atoms with E-state index in [0.29, 0.717) is 11.5 Å². The third-order valence-corrected chi connectivity index (χ3v) is 5.36. The second kappa shape index (κ2) is 10.5. The summed E-state index contributed by atoms with van der Waals surface area (Å²) in [5.41, 5.74) is 6.94. The van der Waals surface area contributed by atoms with Crippen LogP contribution in [0.5, 0.6) is 11.5 Å². The number of carbonyl (C=O) groups excluding carboxylic acids is 2. The summed E-state index contributed by atoms with van der Waals surface area (Å²) in [6.07, 6.45) is -1.61. The molecule has 0 spiro atoms. The average molecular weight is 455 g/mol. The number of carbonyl (C=O) groups is 2. The molecule has 0 bridgehead atoms. The van der Waals surface area contributed by atoms with Crippen LogP contribution in [0.15, 0.2) is 97.1 Å². The minimum Gasteiger partial charge on any atom is -0.481 e. The molecule has 0 aliphatic heterocycles. The third-order valence-electron chi connectivity index (χ3n) is 5.36. The van der Waals surface area contributed by atoms with Gasteiger partial charge in [0.05, 0.1) is 0 Å². The van der Waals surface area contributed by atoms with Crippen molar-refractivity contribution in [1.29, 1.82) is 0 Å². The summed E-state index contributed by atoms with van der Waals surface area (Å²) >= 11 is 0. The molecule has 0 aliphatic rings. The molecule has 0 saturated carbocycles. The van der Waals surface area contributed by atoms with Gasteiger partial charge in [-0.3, -0.25) is 20.4 Å². The van der Waals surface area contributed by atoms with Crippen molar-refractivity contribution in [2.45, 2.75) is 26.1 Å². The summed E-state index contributed by atoms with van der Waals surface area (Å²) in [6, 6.07) is 31.0. The predicted molar refractivity (Wildman–Crippen MR) is 132 cm³/mol. The number of amides is 2. The van der Waals surface area contributed by atoms with E-state index in [2.05, 4.69) is 10.9 Å². The Labute approximate surface area is 198 Å². The Morgan fingerprint density at radius 1 is 0.588 bits per heavy atom. The number of benzene rings is 4. The van der Waals surface area contributed by atoms with Crippen molar-refractivity contribution in [3.63, 3.8) is 0 Å². The van der Waals surface area contributed by atoms with Crippen LogP contribution in [0.3, 0.4) is 0 Å². The fourth-order valence-corrected chi connectivity index (χ4v) is 3.44. The Morgan fingerprint density at radius 2 is 1.09 bits per heavy atom. The Balaban J connectivity index is 1.26. The number of hydrogen-bond donors (Lipinski definition) is 2. The van der Waals surface area contributed by atoms with Crippen LogP contribution in [-0.4, -0.2) is 24.0 Å². The van der Waals surface area contributed by atoms with Gasteiger partial charge < -0.3 is 9.47 Å². The molecule has 2 unspecified atom stereocenters. The Bertz CT molecular complexity index is 1270. The van der Waals surface area contributed by atoms with Crippen LogP contribution >= 0.6 is 0 Å². The number of hydrogen-bond acceptors (Lipinski definition) is 4. The van der Waals surface area contributed by atoms with Gasteiger partial charge in [-0.15, -0.1) is 0 Å². The van der Waals surface area contributed by atoms with Gasteiger partial charge in [-0.25, -0.2) is 0 Å². The van der Waals surface area contributed by atoms with E-state index in [1.165, 1.54) is 0 Å². The molecule has 4 aromatic rings. The maximum absolute atomic E-state index is 12.4. The molecule has 0 fully saturated rings.